The van der Waals surface area contributed by atoms with Crippen LogP contribution in [-0.2, 0) is 4.74 Å². The highest BCUT2D eigenvalue weighted by Crippen LogP contribution is 2.45. The number of fused-ring (bicyclic) bond motifs is 2. The molecule has 0 spiro atoms. The first-order chi connectivity index (χ1) is 10.4. The molecule has 21 heavy (non-hydrogen) atoms. The predicted molar refractivity (Wildman–Crippen MR) is 86.6 cm³/mol. The van der Waals surface area contributed by atoms with Gasteiger partial charge in [-0.2, -0.15) is 0 Å². The minimum absolute atomic E-state index is 0.220. The van der Waals surface area contributed by atoms with E-state index in [0.717, 1.165) is 6.42 Å². The lowest BCUT2D eigenvalue weighted by Gasteiger charge is -2.13. The third-order valence-corrected chi connectivity index (χ3v) is 4.63. The second kappa shape index (κ2) is 5.01. The third kappa shape index (κ3) is 2.05. The first kappa shape index (κ1) is 12.6. The van der Waals surface area contributed by atoms with Crippen LogP contribution in [0.2, 0.25) is 0 Å². The van der Waals surface area contributed by atoms with E-state index in [0.29, 0.717) is 5.92 Å². The Balaban J connectivity index is 1.82. The molecule has 0 aliphatic heterocycles. The summed E-state index contributed by atoms with van der Waals surface area (Å²) in [6, 6.07) is 24.1. The van der Waals surface area contributed by atoms with Gasteiger partial charge in [-0.05, 0) is 33.9 Å². The van der Waals surface area contributed by atoms with Crippen LogP contribution >= 0.6 is 0 Å². The lowest BCUT2D eigenvalue weighted by molar-refractivity contribution is 0.102. The number of hydrogen-bond donors (Lipinski definition) is 0. The summed E-state index contributed by atoms with van der Waals surface area (Å²) in [5, 5.41) is 2.61. The van der Waals surface area contributed by atoms with Crippen LogP contribution in [0.25, 0.3) is 10.8 Å². The van der Waals surface area contributed by atoms with E-state index in [9.17, 15) is 0 Å². The standard InChI is InChI=1S/C20H18O/c1-21-20-13-19(17-8-4-5-9-18(17)20)16-11-10-14-6-2-3-7-15(14)12-16/h2-12,19-20H,13H2,1H3/t19-,20-/m0/s1. The fourth-order valence-electron chi connectivity index (χ4n) is 3.55. The summed E-state index contributed by atoms with van der Waals surface area (Å²) in [6.45, 7) is 0. The Kier molecular flexibility index (Phi) is 3.01. The van der Waals surface area contributed by atoms with E-state index in [4.69, 9.17) is 4.74 Å². The minimum atomic E-state index is 0.220. The van der Waals surface area contributed by atoms with Gasteiger partial charge < -0.3 is 4.74 Å². The van der Waals surface area contributed by atoms with Crippen molar-refractivity contribution in [2.24, 2.45) is 0 Å². The highest BCUT2D eigenvalue weighted by atomic mass is 16.5. The van der Waals surface area contributed by atoms with Crippen molar-refractivity contribution in [1.82, 2.24) is 0 Å². The highest BCUT2D eigenvalue weighted by Gasteiger charge is 2.31. The molecule has 0 heterocycles. The summed E-state index contributed by atoms with van der Waals surface area (Å²) < 4.78 is 5.68. The van der Waals surface area contributed by atoms with Crippen molar-refractivity contribution in [3.8, 4) is 0 Å². The van der Waals surface area contributed by atoms with Crippen LogP contribution in [0.3, 0.4) is 0 Å². The molecule has 3 aromatic carbocycles. The lowest BCUT2D eigenvalue weighted by Crippen LogP contribution is -1.97. The van der Waals surface area contributed by atoms with Gasteiger partial charge in [0.1, 0.15) is 0 Å². The number of benzene rings is 3. The maximum absolute atomic E-state index is 5.68. The molecule has 0 saturated carbocycles. The van der Waals surface area contributed by atoms with E-state index in [-0.39, 0.29) is 6.10 Å². The maximum atomic E-state index is 5.68. The van der Waals surface area contributed by atoms with Gasteiger partial charge >= 0.3 is 0 Å². The van der Waals surface area contributed by atoms with Gasteiger partial charge in [0.2, 0.25) is 0 Å². The van der Waals surface area contributed by atoms with Crippen molar-refractivity contribution in [3.63, 3.8) is 0 Å². The summed E-state index contributed by atoms with van der Waals surface area (Å²) in [6.07, 6.45) is 1.26. The minimum Gasteiger partial charge on any atom is -0.377 e. The van der Waals surface area contributed by atoms with E-state index in [1.54, 1.807) is 0 Å². The molecule has 2 atom stereocenters. The molecule has 0 amide bonds. The van der Waals surface area contributed by atoms with Crippen molar-refractivity contribution in [2.45, 2.75) is 18.4 Å². The van der Waals surface area contributed by atoms with E-state index >= 15 is 0 Å². The Bertz CT molecular complexity index is 790. The van der Waals surface area contributed by atoms with Gasteiger partial charge in [0.25, 0.3) is 0 Å². The van der Waals surface area contributed by atoms with Crippen LogP contribution in [0.5, 0.6) is 0 Å². The third-order valence-electron chi connectivity index (χ3n) is 4.63. The second-order valence-electron chi connectivity index (χ2n) is 5.75. The average Bonchev–Trinajstić information content (AvgIpc) is 2.93. The molecular weight excluding hydrogens is 256 g/mol. The topological polar surface area (TPSA) is 9.23 Å². The van der Waals surface area contributed by atoms with Crippen molar-refractivity contribution in [1.29, 1.82) is 0 Å². The molecule has 1 heteroatoms. The van der Waals surface area contributed by atoms with Gasteiger partial charge in [-0.1, -0.05) is 66.7 Å². The van der Waals surface area contributed by atoms with Gasteiger partial charge in [0, 0.05) is 13.0 Å². The van der Waals surface area contributed by atoms with Crippen LogP contribution in [0.1, 0.15) is 35.1 Å². The Morgan fingerprint density at radius 3 is 2.33 bits per heavy atom. The maximum Gasteiger partial charge on any atom is 0.0833 e. The summed E-state index contributed by atoms with van der Waals surface area (Å²) in [7, 11) is 1.81. The largest absolute Gasteiger partial charge is 0.377 e. The van der Waals surface area contributed by atoms with Crippen LogP contribution in [-0.4, -0.2) is 7.11 Å². The fourth-order valence-corrected chi connectivity index (χ4v) is 3.55. The van der Waals surface area contributed by atoms with Gasteiger partial charge in [0.05, 0.1) is 6.10 Å². The van der Waals surface area contributed by atoms with Gasteiger partial charge in [-0.15, -0.1) is 0 Å². The Hall–Kier alpha value is -2.12. The van der Waals surface area contributed by atoms with E-state index < -0.39 is 0 Å². The molecule has 0 fully saturated rings. The molecule has 1 aliphatic rings. The lowest BCUT2D eigenvalue weighted by atomic mass is 9.91. The molecule has 3 aromatic rings. The highest BCUT2D eigenvalue weighted by molar-refractivity contribution is 5.83. The number of rotatable bonds is 2. The van der Waals surface area contributed by atoms with E-state index in [2.05, 4.69) is 66.7 Å². The first-order valence-electron chi connectivity index (χ1n) is 7.47. The van der Waals surface area contributed by atoms with Crippen molar-refractivity contribution in [3.05, 3.63) is 83.4 Å². The Morgan fingerprint density at radius 2 is 1.52 bits per heavy atom. The Morgan fingerprint density at radius 1 is 0.810 bits per heavy atom. The molecule has 0 bridgehead atoms. The fraction of sp³-hybridized carbons (Fsp3) is 0.200. The molecule has 0 N–H and O–H groups in total. The summed E-state index contributed by atoms with van der Waals surface area (Å²) in [4.78, 5) is 0. The smallest absolute Gasteiger partial charge is 0.0833 e. The SMILES string of the molecule is CO[C@H]1C[C@@H](c2ccc3ccccc3c2)c2ccccc21. The summed E-state index contributed by atoms with van der Waals surface area (Å²) >= 11 is 0. The number of ether oxygens (including phenoxy) is 1. The van der Waals surface area contributed by atoms with Crippen molar-refractivity contribution < 1.29 is 4.74 Å². The number of methoxy groups -OCH3 is 1. The molecule has 0 radical (unpaired) electrons. The van der Waals surface area contributed by atoms with Crippen LogP contribution in [0, 0.1) is 0 Å². The predicted octanol–water partition coefficient (Wildman–Crippen LogP) is 5.06. The average molecular weight is 274 g/mol. The van der Waals surface area contributed by atoms with Crippen LogP contribution in [0.15, 0.2) is 66.7 Å². The quantitative estimate of drug-likeness (QED) is 0.634. The Labute approximate surface area is 125 Å². The van der Waals surface area contributed by atoms with E-state index in [1.165, 1.54) is 27.5 Å². The van der Waals surface area contributed by atoms with Crippen molar-refractivity contribution in [2.75, 3.05) is 7.11 Å². The van der Waals surface area contributed by atoms with Gasteiger partial charge in [-0.3, -0.25) is 0 Å². The molecular formula is C20H18O. The summed E-state index contributed by atoms with van der Waals surface area (Å²) in [5.74, 6) is 0.441. The van der Waals surface area contributed by atoms with Gasteiger partial charge in [-0.25, -0.2) is 0 Å². The molecule has 104 valence electrons. The zero-order valence-corrected chi connectivity index (χ0v) is 12.1. The second-order valence-corrected chi connectivity index (χ2v) is 5.75. The van der Waals surface area contributed by atoms with Crippen LogP contribution in [0.4, 0.5) is 0 Å². The molecule has 0 saturated heterocycles. The summed E-state index contributed by atoms with van der Waals surface area (Å²) in [5.41, 5.74) is 4.15. The molecule has 0 aromatic heterocycles. The zero-order chi connectivity index (χ0) is 14.2. The molecule has 1 aliphatic carbocycles. The number of hydrogen-bond acceptors (Lipinski definition) is 1. The molecule has 0 unspecified atom stereocenters. The van der Waals surface area contributed by atoms with Crippen molar-refractivity contribution >= 4 is 10.8 Å². The van der Waals surface area contributed by atoms with Crippen LogP contribution < -0.4 is 0 Å². The molecule has 4 rings (SSSR count). The normalized spacial score (nSPS) is 20.6. The van der Waals surface area contributed by atoms with E-state index in [1.807, 2.05) is 7.11 Å². The zero-order valence-electron chi connectivity index (χ0n) is 12.1. The molecule has 1 nitrogen and oxygen atoms in total. The first-order valence-corrected chi connectivity index (χ1v) is 7.47. The monoisotopic (exact) mass is 274 g/mol. The van der Waals surface area contributed by atoms with Gasteiger partial charge in [0.15, 0.2) is 0 Å².